The third kappa shape index (κ3) is 3.79. The highest BCUT2D eigenvalue weighted by molar-refractivity contribution is 5.94. The Morgan fingerprint density at radius 1 is 1.15 bits per heavy atom. The molecule has 1 N–H and O–H groups in total. The number of benzene rings is 2. The predicted octanol–water partition coefficient (Wildman–Crippen LogP) is 4.15. The molecule has 2 aromatic carbocycles. The molecule has 0 saturated carbocycles. The third-order valence-electron chi connectivity index (χ3n) is 4.02. The average Bonchev–Trinajstić information content (AvgIpc) is 3.05. The summed E-state index contributed by atoms with van der Waals surface area (Å²) in [5.74, 6) is 2.07. The third-order valence-corrected chi connectivity index (χ3v) is 4.02. The number of hydrogen-bond acceptors (Lipinski definition) is 5. The van der Waals surface area contributed by atoms with Gasteiger partial charge in [0.15, 0.2) is 11.5 Å². The highest BCUT2D eigenvalue weighted by Crippen LogP contribution is 2.26. The number of nitrogens with one attached hydrogen (secondary N) is 1. The van der Waals surface area contributed by atoms with Gasteiger partial charge in [-0.15, -0.1) is 0 Å². The highest BCUT2D eigenvalue weighted by Gasteiger charge is 2.13. The summed E-state index contributed by atoms with van der Waals surface area (Å²) >= 11 is 0. The zero-order chi connectivity index (χ0) is 18.7. The van der Waals surface area contributed by atoms with Crippen LogP contribution in [0.5, 0.6) is 11.5 Å². The highest BCUT2D eigenvalue weighted by atomic mass is 16.5. The molecular weight excluding hydrogens is 332 g/mol. The van der Waals surface area contributed by atoms with Gasteiger partial charge in [0.2, 0.25) is 5.91 Å². The Morgan fingerprint density at radius 3 is 2.65 bits per heavy atom. The van der Waals surface area contributed by atoms with Gasteiger partial charge in [-0.25, -0.2) is 4.98 Å². The zero-order valence-electron chi connectivity index (χ0n) is 15.3. The molecule has 0 radical (unpaired) electrons. The van der Waals surface area contributed by atoms with E-state index in [-0.39, 0.29) is 18.2 Å². The SMILES string of the molecule is COc1ccc(OC)c(CC(=O)Nc2ccc3oc(C(C)C)nc3c2)c1. The Labute approximate surface area is 152 Å². The van der Waals surface area contributed by atoms with Gasteiger partial charge < -0.3 is 19.2 Å². The van der Waals surface area contributed by atoms with Crippen LogP contribution >= 0.6 is 0 Å². The molecule has 3 rings (SSSR count). The summed E-state index contributed by atoms with van der Waals surface area (Å²) in [5.41, 5.74) is 2.87. The van der Waals surface area contributed by atoms with Gasteiger partial charge in [-0.05, 0) is 36.4 Å². The van der Waals surface area contributed by atoms with E-state index in [9.17, 15) is 4.79 Å². The molecular formula is C20H22N2O4. The van der Waals surface area contributed by atoms with E-state index in [0.29, 0.717) is 28.7 Å². The van der Waals surface area contributed by atoms with E-state index in [0.717, 1.165) is 11.1 Å². The van der Waals surface area contributed by atoms with Gasteiger partial charge in [0.05, 0.1) is 20.6 Å². The van der Waals surface area contributed by atoms with E-state index in [1.807, 2.05) is 26.0 Å². The standard InChI is InChI=1S/C20H22N2O4/c1-12(2)20-22-16-11-14(5-7-18(16)26-20)21-19(23)10-13-9-15(24-3)6-8-17(13)25-4/h5-9,11-12H,10H2,1-4H3,(H,21,23). The van der Waals surface area contributed by atoms with Crippen molar-refractivity contribution in [2.75, 3.05) is 19.5 Å². The molecule has 0 aliphatic carbocycles. The van der Waals surface area contributed by atoms with Crippen molar-refractivity contribution in [3.05, 3.63) is 47.9 Å². The van der Waals surface area contributed by atoms with Gasteiger partial charge in [-0.2, -0.15) is 0 Å². The first-order valence-electron chi connectivity index (χ1n) is 8.41. The van der Waals surface area contributed by atoms with E-state index in [1.165, 1.54) is 0 Å². The Balaban J connectivity index is 1.76. The van der Waals surface area contributed by atoms with Crippen molar-refractivity contribution in [1.82, 2.24) is 4.98 Å². The summed E-state index contributed by atoms with van der Waals surface area (Å²) in [6.45, 7) is 4.05. The van der Waals surface area contributed by atoms with Crippen LogP contribution in [0.4, 0.5) is 5.69 Å². The Kier molecular flexibility index (Phi) is 5.11. The normalized spacial score (nSPS) is 11.0. The number of carbonyl (C=O) groups excluding carboxylic acids is 1. The van der Waals surface area contributed by atoms with Gasteiger partial charge in [0, 0.05) is 17.2 Å². The molecule has 0 bridgehead atoms. The van der Waals surface area contributed by atoms with Crippen molar-refractivity contribution in [3.8, 4) is 11.5 Å². The number of hydrogen-bond donors (Lipinski definition) is 1. The first-order valence-corrected chi connectivity index (χ1v) is 8.41. The van der Waals surface area contributed by atoms with Gasteiger partial charge >= 0.3 is 0 Å². The number of aromatic nitrogens is 1. The number of oxazole rings is 1. The number of methoxy groups -OCH3 is 2. The Morgan fingerprint density at radius 2 is 1.96 bits per heavy atom. The number of ether oxygens (including phenoxy) is 2. The number of rotatable bonds is 6. The molecule has 0 unspecified atom stereocenters. The van der Waals surface area contributed by atoms with E-state index >= 15 is 0 Å². The fourth-order valence-corrected chi connectivity index (χ4v) is 2.67. The predicted molar refractivity (Wildman–Crippen MR) is 100.0 cm³/mol. The lowest BCUT2D eigenvalue weighted by Crippen LogP contribution is -2.15. The summed E-state index contributed by atoms with van der Waals surface area (Å²) in [6.07, 6.45) is 0.175. The molecule has 0 spiro atoms. The molecule has 0 fully saturated rings. The number of fused-ring (bicyclic) bond motifs is 1. The topological polar surface area (TPSA) is 73.6 Å². The zero-order valence-corrected chi connectivity index (χ0v) is 15.3. The van der Waals surface area contributed by atoms with Crippen LogP contribution in [-0.2, 0) is 11.2 Å². The summed E-state index contributed by atoms with van der Waals surface area (Å²) < 4.78 is 16.2. The molecule has 1 amide bonds. The molecule has 26 heavy (non-hydrogen) atoms. The van der Waals surface area contributed by atoms with E-state index in [2.05, 4.69) is 10.3 Å². The maximum Gasteiger partial charge on any atom is 0.228 e. The number of carbonyl (C=O) groups is 1. The monoisotopic (exact) mass is 354 g/mol. The maximum atomic E-state index is 12.4. The van der Waals surface area contributed by atoms with Crippen molar-refractivity contribution in [1.29, 1.82) is 0 Å². The molecule has 0 saturated heterocycles. The van der Waals surface area contributed by atoms with Crippen molar-refractivity contribution in [3.63, 3.8) is 0 Å². The first kappa shape index (κ1) is 17.8. The fourth-order valence-electron chi connectivity index (χ4n) is 2.67. The van der Waals surface area contributed by atoms with Gasteiger partial charge in [-0.3, -0.25) is 4.79 Å². The average molecular weight is 354 g/mol. The summed E-state index contributed by atoms with van der Waals surface area (Å²) in [4.78, 5) is 16.9. The number of nitrogens with zero attached hydrogens (tertiary/aromatic N) is 1. The molecule has 1 aromatic heterocycles. The summed E-state index contributed by atoms with van der Waals surface area (Å²) in [6, 6.07) is 10.8. The molecule has 3 aromatic rings. The molecule has 0 aliphatic rings. The maximum absolute atomic E-state index is 12.4. The molecule has 136 valence electrons. The number of amides is 1. The van der Waals surface area contributed by atoms with Crippen molar-refractivity contribution in [2.45, 2.75) is 26.2 Å². The first-order chi connectivity index (χ1) is 12.5. The second-order valence-electron chi connectivity index (χ2n) is 6.29. The van der Waals surface area contributed by atoms with Crippen LogP contribution in [0.2, 0.25) is 0 Å². The van der Waals surface area contributed by atoms with Crippen LogP contribution in [0, 0.1) is 0 Å². The second kappa shape index (κ2) is 7.47. The quantitative estimate of drug-likeness (QED) is 0.720. The largest absolute Gasteiger partial charge is 0.497 e. The minimum atomic E-state index is -0.150. The van der Waals surface area contributed by atoms with Crippen LogP contribution in [0.15, 0.2) is 40.8 Å². The molecule has 0 aliphatic heterocycles. The van der Waals surface area contributed by atoms with Crippen molar-refractivity contribution in [2.24, 2.45) is 0 Å². The van der Waals surface area contributed by atoms with Crippen LogP contribution in [0.25, 0.3) is 11.1 Å². The lowest BCUT2D eigenvalue weighted by molar-refractivity contribution is -0.115. The summed E-state index contributed by atoms with van der Waals surface area (Å²) in [5, 5.41) is 2.89. The second-order valence-corrected chi connectivity index (χ2v) is 6.29. The molecule has 6 nitrogen and oxygen atoms in total. The Bertz CT molecular complexity index is 931. The van der Waals surface area contributed by atoms with Gasteiger partial charge in [0.1, 0.15) is 17.0 Å². The van der Waals surface area contributed by atoms with Crippen molar-refractivity contribution < 1.29 is 18.7 Å². The fraction of sp³-hybridized carbons (Fsp3) is 0.300. The van der Waals surface area contributed by atoms with Crippen LogP contribution < -0.4 is 14.8 Å². The van der Waals surface area contributed by atoms with E-state index < -0.39 is 0 Å². The minimum absolute atomic E-state index is 0.150. The lowest BCUT2D eigenvalue weighted by Gasteiger charge is -2.11. The van der Waals surface area contributed by atoms with Crippen LogP contribution in [-0.4, -0.2) is 25.1 Å². The molecule has 0 atom stereocenters. The van der Waals surface area contributed by atoms with E-state index in [1.54, 1.807) is 38.5 Å². The molecule has 6 heteroatoms. The number of anilines is 1. The molecule has 1 heterocycles. The lowest BCUT2D eigenvalue weighted by atomic mass is 10.1. The Hall–Kier alpha value is -3.02. The van der Waals surface area contributed by atoms with Crippen molar-refractivity contribution >= 4 is 22.7 Å². The van der Waals surface area contributed by atoms with Gasteiger partial charge in [0.25, 0.3) is 0 Å². The van der Waals surface area contributed by atoms with E-state index in [4.69, 9.17) is 13.9 Å². The summed E-state index contributed by atoms with van der Waals surface area (Å²) in [7, 11) is 3.16. The van der Waals surface area contributed by atoms with Crippen LogP contribution in [0.1, 0.15) is 31.2 Å². The van der Waals surface area contributed by atoms with Gasteiger partial charge in [-0.1, -0.05) is 13.8 Å². The smallest absolute Gasteiger partial charge is 0.228 e. The minimum Gasteiger partial charge on any atom is -0.497 e. The van der Waals surface area contributed by atoms with Crippen LogP contribution in [0.3, 0.4) is 0 Å².